The molecule has 0 aliphatic carbocycles. The third-order valence-corrected chi connectivity index (χ3v) is 3.50. The van der Waals surface area contributed by atoms with E-state index in [1.165, 1.54) is 5.56 Å². The van der Waals surface area contributed by atoms with Crippen LogP contribution in [0.3, 0.4) is 0 Å². The van der Waals surface area contributed by atoms with Gasteiger partial charge in [0.05, 0.1) is 0 Å². The van der Waals surface area contributed by atoms with Gasteiger partial charge in [-0.1, -0.05) is 25.5 Å². The normalized spacial score (nSPS) is 12.4. The molecule has 1 rings (SSSR count). The highest BCUT2D eigenvalue weighted by Gasteiger charge is 2.10. The summed E-state index contributed by atoms with van der Waals surface area (Å²) in [5.74, 6) is 0.322. The second kappa shape index (κ2) is 9.53. The topological polar surface area (TPSA) is 52.6 Å². The summed E-state index contributed by atoms with van der Waals surface area (Å²) in [5, 5.41) is 12.0. The van der Waals surface area contributed by atoms with Crippen LogP contribution in [-0.2, 0) is 6.54 Å². The summed E-state index contributed by atoms with van der Waals surface area (Å²) in [5.41, 5.74) is 1.89. The Labute approximate surface area is 128 Å². The Morgan fingerprint density at radius 1 is 1.24 bits per heavy atom. The van der Waals surface area contributed by atoms with Crippen molar-refractivity contribution in [1.29, 1.82) is 0 Å². The van der Waals surface area contributed by atoms with Crippen molar-refractivity contribution in [2.24, 2.45) is 5.92 Å². The van der Waals surface area contributed by atoms with E-state index in [0.29, 0.717) is 18.0 Å². The number of nitrogens with zero attached hydrogens (tertiary/aromatic N) is 1. The zero-order valence-electron chi connectivity index (χ0n) is 13.4. The third-order valence-electron chi connectivity index (χ3n) is 3.50. The highest BCUT2D eigenvalue weighted by Crippen LogP contribution is 2.10. The van der Waals surface area contributed by atoms with Gasteiger partial charge in [-0.05, 0) is 50.6 Å². The molecule has 0 bridgehead atoms. The van der Waals surface area contributed by atoms with Gasteiger partial charge in [-0.15, -0.1) is 0 Å². The van der Waals surface area contributed by atoms with Gasteiger partial charge >= 0.3 is 0 Å². The first-order valence-corrected chi connectivity index (χ1v) is 7.69. The zero-order valence-corrected chi connectivity index (χ0v) is 13.4. The number of hydrogen-bond donors (Lipinski definition) is 2. The molecular weight excluding hydrogens is 264 g/mol. The molecule has 4 nitrogen and oxygen atoms in total. The monoisotopic (exact) mass is 292 g/mol. The Bertz CT molecular complexity index is 409. The Kier molecular flexibility index (Phi) is 8.01. The molecule has 4 heteroatoms. The maximum absolute atomic E-state index is 12.1. The molecule has 0 aromatic heterocycles. The predicted molar refractivity (Wildman–Crippen MR) is 86.3 cm³/mol. The Balaban J connectivity index is 2.50. The summed E-state index contributed by atoms with van der Waals surface area (Å²) in [6.45, 7) is 3.80. The average Bonchev–Trinajstić information content (AvgIpc) is 2.45. The van der Waals surface area contributed by atoms with E-state index in [9.17, 15) is 4.79 Å². The van der Waals surface area contributed by atoms with E-state index in [-0.39, 0.29) is 12.5 Å². The van der Waals surface area contributed by atoms with Gasteiger partial charge < -0.3 is 15.3 Å². The summed E-state index contributed by atoms with van der Waals surface area (Å²) >= 11 is 0. The molecule has 2 N–H and O–H groups in total. The first kappa shape index (κ1) is 17.7. The minimum Gasteiger partial charge on any atom is -0.396 e. The quantitative estimate of drug-likeness (QED) is 0.734. The second-order valence-corrected chi connectivity index (χ2v) is 5.81. The zero-order chi connectivity index (χ0) is 15.7. The van der Waals surface area contributed by atoms with Crippen molar-refractivity contribution in [1.82, 2.24) is 10.2 Å². The van der Waals surface area contributed by atoms with Crippen LogP contribution in [0.15, 0.2) is 24.3 Å². The molecule has 0 saturated carbocycles. The highest BCUT2D eigenvalue weighted by atomic mass is 16.3. The van der Waals surface area contributed by atoms with E-state index < -0.39 is 0 Å². The van der Waals surface area contributed by atoms with Gasteiger partial charge in [0.25, 0.3) is 5.91 Å². The van der Waals surface area contributed by atoms with Gasteiger partial charge in [0.15, 0.2) is 0 Å². The molecular formula is C17H28N2O2. The van der Waals surface area contributed by atoms with Gasteiger partial charge in [0.2, 0.25) is 0 Å². The van der Waals surface area contributed by atoms with Crippen molar-refractivity contribution in [3.8, 4) is 0 Å². The Morgan fingerprint density at radius 3 is 2.43 bits per heavy atom. The highest BCUT2D eigenvalue weighted by molar-refractivity contribution is 5.94. The number of amides is 1. The Morgan fingerprint density at radius 2 is 1.90 bits per heavy atom. The van der Waals surface area contributed by atoms with Crippen molar-refractivity contribution in [3.05, 3.63) is 35.4 Å². The molecule has 1 atom stereocenters. The molecule has 118 valence electrons. The number of nitrogens with one attached hydrogen (secondary N) is 1. The molecule has 1 unspecified atom stereocenters. The fourth-order valence-corrected chi connectivity index (χ4v) is 2.41. The van der Waals surface area contributed by atoms with Crippen molar-refractivity contribution in [3.63, 3.8) is 0 Å². The van der Waals surface area contributed by atoms with Gasteiger partial charge in [0.1, 0.15) is 0 Å². The number of rotatable bonds is 9. The third kappa shape index (κ3) is 6.74. The van der Waals surface area contributed by atoms with Crippen molar-refractivity contribution in [2.45, 2.75) is 32.7 Å². The molecule has 1 aromatic carbocycles. The average molecular weight is 292 g/mol. The molecule has 21 heavy (non-hydrogen) atoms. The van der Waals surface area contributed by atoms with E-state index in [2.05, 4.69) is 17.1 Å². The maximum Gasteiger partial charge on any atom is 0.251 e. The van der Waals surface area contributed by atoms with Crippen LogP contribution in [0.25, 0.3) is 0 Å². The maximum atomic E-state index is 12.1. The van der Waals surface area contributed by atoms with Gasteiger partial charge in [0, 0.05) is 25.3 Å². The first-order valence-electron chi connectivity index (χ1n) is 7.69. The fraction of sp³-hybridized carbons (Fsp3) is 0.588. The van der Waals surface area contributed by atoms with Crippen molar-refractivity contribution in [2.75, 3.05) is 27.2 Å². The van der Waals surface area contributed by atoms with Crippen LogP contribution in [0.4, 0.5) is 0 Å². The number of aliphatic hydroxyl groups is 1. The lowest BCUT2D eigenvalue weighted by molar-refractivity contribution is 0.0943. The number of hydrogen-bond acceptors (Lipinski definition) is 3. The van der Waals surface area contributed by atoms with Crippen molar-refractivity contribution < 1.29 is 9.90 Å². The van der Waals surface area contributed by atoms with Crippen LogP contribution < -0.4 is 5.32 Å². The minimum absolute atomic E-state index is 0.0366. The molecule has 0 fully saturated rings. The lowest BCUT2D eigenvalue weighted by atomic mass is 10.00. The summed E-state index contributed by atoms with van der Waals surface area (Å²) in [6, 6.07) is 7.72. The van der Waals surface area contributed by atoms with Crippen LogP contribution in [0.1, 0.15) is 42.1 Å². The molecule has 0 saturated heterocycles. The molecule has 0 aliphatic rings. The lowest BCUT2D eigenvalue weighted by Crippen LogP contribution is -2.29. The van der Waals surface area contributed by atoms with Gasteiger partial charge in [-0.3, -0.25) is 4.79 Å². The van der Waals surface area contributed by atoms with E-state index in [1.807, 2.05) is 38.4 Å². The largest absolute Gasteiger partial charge is 0.396 e. The lowest BCUT2D eigenvalue weighted by Gasteiger charge is -2.16. The van der Waals surface area contributed by atoms with Crippen LogP contribution in [-0.4, -0.2) is 43.2 Å². The number of carbonyl (C=O) groups excluding carboxylic acids is 1. The SMILES string of the molecule is CCCC(CCO)CNC(=O)c1ccc(CN(C)C)cc1. The number of aliphatic hydroxyl groups excluding tert-OH is 1. The smallest absolute Gasteiger partial charge is 0.251 e. The summed E-state index contributed by atoms with van der Waals surface area (Å²) in [7, 11) is 4.05. The predicted octanol–water partition coefficient (Wildman–Crippen LogP) is 2.28. The van der Waals surface area contributed by atoms with E-state index in [1.54, 1.807) is 0 Å². The van der Waals surface area contributed by atoms with Gasteiger partial charge in [-0.25, -0.2) is 0 Å². The first-order chi connectivity index (χ1) is 10.1. The molecule has 1 amide bonds. The molecule has 0 heterocycles. The van der Waals surface area contributed by atoms with Crippen LogP contribution in [0.5, 0.6) is 0 Å². The standard InChI is InChI=1S/C17H28N2O2/c1-4-5-14(10-11-20)12-18-17(21)16-8-6-15(7-9-16)13-19(2)3/h6-9,14,20H,4-5,10-13H2,1-3H3,(H,18,21). The van der Waals surface area contributed by atoms with Crippen LogP contribution >= 0.6 is 0 Å². The van der Waals surface area contributed by atoms with Crippen LogP contribution in [0, 0.1) is 5.92 Å². The molecule has 1 aromatic rings. The second-order valence-electron chi connectivity index (χ2n) is 5.81. The molecule has 0 radical (unpaired) electrons. The van der Waals surface area contributed by atoms with Crippen LogP contribution in [0.2, 0.25) is 0 Å². The Hall–Kier alpha value is -1.39. The van der Waals surface area contributed by atoms with E-state index in [4.69, 9.17) is 5.11 Å². The van der Waals surface area contributed by atoms with E-state index >= 15 is 0 Å². The minimum atomic E-state index is -0.0366. The van der Waals surface area contributed by atoms with E-state index in [0.717, 1.165) is 25.8 Å². The fourth-order valence-electron chi connectivity index (χ4n) is 2.41. The molecule has 0 spiro atoms. The summed E-state index contributed by atoms with van der Waals surface area (Å²) < 4.78 is 0. The van der Waals surface area contributed by atoms with Gasteiger partial charge in [-0.2, -0.15) is 0 Å². The number of benzene rings is 1. The van der Waals surface area contributed by atoms with Crippen molar-refractivity contribution >= 4 is 5.91 Å². The number of carbonyl (C=O) groups is 1. The summed E-state index contributed by atoms with van der Waals surface area (Å²) in [6.07, 6.45) is 2.85. The summed E-state index contributed by atoms with van der Waals surface area (Å²) in [4.78, 5) is 14.2. The molecule has 0 aliphatic heterocycles.